The zero-order chi connectivity index (χ0) is 21.7. The molecule has 0 aliphatic carbocycles. The second-order valence-electron chi connectivity index (χ2n) is 10.8. The molecule has 2 aliphatic heterocycles. The Morgan fingerprint density at radius 3 is 1.79 bits per heavy atom. The number of ether oxygens (including phenoxy) is 1. The average Bonchev–Trinajstić information content (AvgIpc) is 3.03. The van der Waals surface area contributed by atoms with Gasteiger partial charge in [-0.1, -0.05) is 0 Å². The minimum atomic E-state index is -0.373. The second-order valence-corrected chi connectivity index (χ2v) is 10.8. The van der Waals surface area contributed by atoms with Crippen molar-refractivity contribution in [1.29, 1.82) is 0 Å². The molecule has 0 amide bonds. The standard InChI is InChI=1S/C12H23NO2.C11H24N2/c1-9(2)13-8-6-7-10(13)11(14)15-12(3,4)5;1-10(2)12-6-8-13(9-7-12)11(3,4)5/h9-10H,6-8H2,1-5H3;10H,6-9H2,1-5H3. The van der Waals surface area contributed by atoms with Crippen LogP contribution in [0, 0.1) is 0 Å². The number of likely N-dealkylation sites (tertiary alicyclic amines) is 1. The fourth-order valence-electron chi connectivity index (χ4n) is 3.94. The van der Waals surface area contributed by atoms with Crippen LogP contribution in [0.2, 0.25) is 0 Å². The van der Waals surface area contributed by atoms with E-state index in [0.717, 1.165) is 19.4 Å². The summed E-state index contributed by atoms with van der Waals surface area (Å²) < 4.78 is 5.42. The molecule has 5 nitrogen and oxygen atoms in total. The first-order valence-corrected chi connectivity index (χ1v) is 11.2. The van der Waals surface area contributed by atoms with E-state index >= 15 is 0 Å². The monoisotopic (exact) mass is 397 g/mol. The number of hydrogen-bond donors (Lipinski definition) is 0. The van der Waals surface area contributed by atoms with Crippen LogP contribution in [0.1, 0.15) is 82.1 Å². The Labute approximate surface area is 174 Å². The van der Waals surface area contributed by atoms with Crippen molar-refractivity contribution in [2.75, 3.05) is 32.7 Å². The quantitative estimate of drug-likeness (QED) is 0.673. The smallest absolute Gasteiger partial charge is 0.323 e. The third-order valence-electron chi connectivity index (χ3n) is 5.63. The van der Waals surface area contributed by atoms with Crippen LogP contribution in [0.15, 0.2) is 0 Å². The Kier molecular flexibility index (Phi) is 9.43. The molecule has 0 N–H and O–H groups in total. The van der Waals surface area contributed by atoms with Crippen molar-refractivity contribution in [3.8, 4) is 0 Å². The van der Waals surface area contributed by atoms with Crippen molar-refractivity contribution < 1.29 is 9.53 Å². The van der Waals surface area contributed by atoms with E-state index in [2.05, 4.69) is 63.2 Å². The highest BCUT2D eigenvalue weighted by Gasteiger charge is 2.35. The minimum Gasteiger partial charge on any atom is -0.459 e. The van der Waals surface area contributed by atoms with E-state index in [1.807, 2.05) is 20.8 Å². The van der Waals surface area contributed by atoms with Crippen molar-refractivity contribution in [1.82, 2.24) is 14.7 Å². The third kappa shape index (κ3) is 8.38. The molecule has 0 aromatic carbocycles. The largest absolute Gasteiger partial charge is 0.459 e. The fourth-order valence-corrected chi connectivity index (χ4v) is 3.94. The van der Waals surface area contributed by atoms with Crippen molar-refractivity contribution in [3.05, 3.63) is 0 Å². The normalized spacial score (nSPS) is 23.1. The molecule has 2 heterocycles. The predicted octanol–water partition coefficient (Wildman–Crippen LogP) is 4.01. The summed E-state index contributed by atoms with van der Waals surface area (Å²) in [6.45, 7) is 27.4. The summed E-state index contributed by atoms with van der Waals surface area (Å²) >= 11 is 0. The van der Waals surface area contributed by atoms with Gasteiger partial charge in [0.05, 0.1) is 0 Å². The molecule has 0 spiro atoms. The van der Waals surface area contributed by atoms with Crippen molar-refractivity contribution in [3.63, 3.8) is 0 Å². The third-order valence-corrected chi connectivity index (χ3v) is 5.63. The Balaban J connectivity index is 0.000000283. The van der Waals surface area contributed by atoms with Gasteiger partial charge in [0.2, 0.25) is 0 Å². The highest BCUT2D eigenvalue weighted by Crippen LogP contribution is 2.23. The van der Waals surface area contributed by atoms with Crippen LogP contribution >= 0.6 is 0 Å². The fraction of sp³-hybridized carbons (Fsp3) is 0.957. The van der Waals surface area contributed by atoms with E-state index in [-0.39, 0.29) is 17.6 Å². The summed E-state index contributed by atoms with van der Waals surface area (Å²) in [5, 5.41) is 0. The summed E-state index contributed by atoms with van der Waals surface area (Å²) in [6.07, 6.45) is 2.04. The molecule has 0 aromatic heterocycles. The first kappa shape index (κ1) is 25.4. The first-order chi connectivity index (χ1) is 12.7. The van der Waals surface area contributed by atoms with Gasteiger partial charge >= 0.3 is 5.97 Å². The second kappa shape index (κ2) is 10.4. The molecular weight excluding hydrogens is 350 g/mol. The molecule has 1 atom stereocenters. The molecule has 2 rings (SSSR count). The van der Waals surface area contributed by atoms with Gasteiger partial charge < -0.3 is 4.74 Å². The lowest BCUT2D eigenvalue weighted by Gasteiger charge is -2.43. The van der Waals surface area contributed by atoms with E-state index in [9.17, 15) is 4.79 Å². The SMILES string of the molecule is CC(C)N1CCCC1C(=O)OC(C)(C)C.CC(C)N1CCN(C(C)(C)C)CC1. The molecule has 1 unspecified atom stereocenters. The van der Waals surface area contributed by atoms with Gasteiger partial charge in [0, 0.05) is 43.8 Å². The van der Waals surface area contributed by atoms with Crippen molar-refractivity contribution in [2.45, 2.75) is 111 Å². The molecule has 28 heavy (non-hydrogen) atoms. The Bertz CT molecular complexity index is 469. The molecule has 2 saturated heterocycles. The zero-order valence-electron chi connectivity index (χ0n) is 20.3. The number of carbonyl (C=O) groups is 1. The van der Waals surface area contributed by atoms with E-state index in [4.69, 9.17) is 4.74 Å². The predicted molar refractivity (Wildman–Crippen MR) is 119 cm³/mol. The summed E-state index contributed by atoms with van der Waals surface area (Å²) in [7, 11) is 0. The van der Waals surface area contributed by atoms with Crippen molar-refractivity contribution >= 4 is 5.97 Å². The van der Waals surface area contributed by atoms with Crippen LogP contribution in [-0.4, -0.2) is 82.7 Å². The van der Waals surface area contributed by atoms with Gasteiger partial charge in [-0.15, -0.1) is 0 Å². The van der Waals surface area contributed by atoms with E-state index in [0.29, 0.717) is 17.6 Å². The van der Waals surface area contributed by atoms with Gasteiger partial charge in [-0.2, -0.15) is 0 Å². The van der Waals surface area contributed by atoms with E-state index < -0.39 is 0 Å². The number of hydrogen-bond acceptors (Lipinski definition) is 5. The average molecular weight is 398 g/mol. The zero-order valence-corrected chi connectivity index (χ0v) is 20.3. The van der Waals surface area contributed by atoms with Crippen molar-refractivity contribution in [2.24, 2.45) is 0 Å². The molecule has 2 fully saturated rings. The molecule has 0 aromatic rings. The summed E-state index contributed by atoms with van der Waals surface area (Å²) in [4.78, 5) is 19.3. The Morgan fingerprint density at radius 2 is 1.39 bits per heavy atom. The van der Waals surface area contributed by atoms with Gasteiger partial charge in [-0.3, -0.25) is 19.5 Å². The van der Waals surface area contributed by atoms with E-state index in [1.54, 1.807) is 0 Å². The van der Waals surface area contributed by atoms with Gasteiger partial charge in [-0.25, -0.2) is 0 Å². The lowest BCUT2D eigenvalue weighted by atomic mass is 10.0. The minimum absolute atomic E-state index is 0.0239. The summed E-state index contributed by atoms with van der Waals surface area (Å²) in [6, 6.07) is 1.11. The molecule has 0 radical (unpaired) electrons. The maximum atomic E-state index is 11.9. The number of carbonyl (C=O) groups excluding carboxylic acids is 1. The van der Waals surface area contributed by atoms with Crippen LogP contribution in [-0.2, 0) is 9.53 Å². The Hall–Kier alpha value is -0.650. The van der Waals surface area contributed by atoms with Gasteiger partial charge in [0.1, 0.15) is 11.6 Å². The maximum Gasteiger partial charge on any atom is 0.323 e. The molecule has 5 heteroatoms. The molecule has 0 bridgehead atoms. The highest BCUT2D eigenvalue weighted by molar-refractivity contribution is 5.76. The first-order valence-electron chi connectivity index (χ1n) is 11.2. The number of esters is 1. The Morgan fingerprint density at radius 1 is 0.857 bits per heavy atom. The number of piperazine rings is 1. The van der Waals surface area contributed by atoms with Gasteiger partial charge in [-0.05, 0) is 88.6 Å². The maximum absolute atomic E-state index is 11.9. The van der Waals surface area contributed by atoms with Crippen LogP contribution in [0.3, 0.4) is 0 Å². The lowest BCUT2D eigenvalue weighted by Crippen LogP contribution is -2.54. The van der Waals surface area contributed by atoms with Gasteiger partial charge in [0.25, 0.3) is 0 Å². The number of nitrogens with zero attached hydrogens (tertiary/aromatic N) is 3. The molecular formula is C23H47N3O2. The number of rotatable bonds is 3. The molecule has 0 saturated carbocycles. The highest BCUT2D eigenvalue weighted by atomic mass is 16.6. The van der Waals surface area contributed by atoms with E-state index in [1.165, 1.54) is 26.2 Å². The summed E-state index contributed by atoms with van der Waals surface area (Å²) in [5.41, 5.74) is -0.0224. The summed E-state index contributed by atoms with van der Waals surface area (Å²) in [5.74, 6) is -0.0614. The van der Waals surface area contributed by atoms with Crippen LogP contribution in [0.5, 0.6) is 0 Å². The lowest BCUT2D eigenvalue weighted by molar-refractivity contribution is -0.160. The van der Waals surface area contributed by atoms with Gasteiger partial charge in [0.15, 0.2) is 0 Å². The van der Waals surface area contributed by atoms with Crippen LogP contribution in [0.25, 0.3) is 0 Å². The van der Waals surface area contributed by atoms with Crippen LogP contribution in [0.4, 0.5) is 0 Å². The molecule has 2 aliphatic rings. The van der Waals surface area contributed by atoms with Crippen LogP contribution < -0.4 is 0 Å². The topological polar surface area (TPSA) is 36.0 Å². The molecule has 166 valence electrons.